The number of hydrogen-bond donors (Lipinski definition) is 1. The topological polar surface area (TPSA) is 39.1 Å². The molecule has 0 amide bonds. The standard InChI is InChI=1S/C9H14BrN3O/c1-13-7(3-8(10)12-13)4-9(14-2)5-11-6-9/h3,11H,4-6H2,1-2H3. The average Bonchev–Trinajstić information content (AvgIpc) is 2.38. The zero-order valence-electron chi connectivity index (χ0n) is 8.38. The van der Waals surface area contributed by atoms with Crippen molar-refractivity contribution in [2.24, 2.45) is 7.05 Å². The molecule has 1 aliphatic rings. The third kappa shape index (κ3) is 1.71. The molecule has 0 bridgehead atoms. The van der Waals surface area contributed by atoms with Crippen LogP contribution in [-0.2, 0) is 18.2 Å². The van der Waals surface area contributed by atoms with Crippen LogP contribution in [0.5, 0.6) is 0 Å². The van der Waals surface area contributed by atoms with Gasteiger partial charge in [-0.2, -0.15) is 5.10 Å². The van der Waals surface area contributed by atoms with Crippen LogP contribution in [0, 0.1) is 0 Å². The van der Waals surface area contributed by atoms with Crippen molar-refractivity contribution in [3.63, 3.8) is 0 Å². The third-order valence-corrected chi connectivity index (χ3v) is 3.17. The minimum absolute atomic E-state index is 0.0206. The number of rotatable bonds is 3. The molecule has 1 aromatic rings. The lowest BCUT2D eigenvalue weighted by Crippen LogP contribution is -2.62. The number of ether oxygens (including phenoxy) is 1. The maximum absolute atomic E-state index is 5.52. The van der Waals surface area contributed by atoms with Crippen molar-refractivity contribution in [1.82, 2.24) is 15.1 Å². The van der Waals surface area contributed by atoms with Crippen molar-refractivity contribution in [2.75, 3.05) is 20.2 Å². The predicted octanol–water partition coefficient (Wildman–Crippen LogP) is 0.714. The highest BCUT2D eigenvalue weighted by Gasteiger charge is 2.37. The number of hydrogen-bond acceptors (Lipinski definition) is 3. The molecule has 1 aromatic heterocycles. The smallest absolute Gasteiger partial charge is 0.128 e. The van der Waals surface area contributed by atoms with E-state index in [1.54, 1.807) is 7.11 Å². The minimum atomic E-state index is -0.0206. The molecule has 0 saturated carbocycles. The number of nitrogens with one attached hydrogen (secondary N) is 1. The van der Waals surface area contributed by atoms with E-state index in [-0.39, 0.29) is 5.60 Å². The van der Waals surface area contributed by atoms with Crippen LogP contribution in [0.1, 0.15) is 5.69 Å². The van der Waals surface area contributed by atoms with Crippen molar-refractivity contribution < 1.29 is 4.74 Å². The lowest BCUT2D eigenvalue weighted by Gasteiger charge is -2.41. The van der Waals surface area contributed by atoms with Gasteiger partial charge in [-0.05, 0) is 22.0 Å². The zero-order chi connectivity index (χ0) is 10.2. The Morgan fingerprint density at radius 1 is 1.71 bits per heavy atom. The van der Waals surface area contributed by atoms with Gasteiger partial charge in [0.25, 0.3) is 0 Å². The Morgan fingerprint density at radius 2 is 2.43 bits per heavy atom. The molecule has 0 aliphatic carbocycles. The van der Waals surface area contributed by atoms with Gasteiger partial charge >= 0.3 is 0 Å². The van der Waals surface area contributed by atoms with E-state index in [2.05, 4.69) is 26.3 Å². The minimum Gasteiger partial charge on any atom is -0.375 e. The Labute approximate surface area is 91.8 Å². The maximum Gasteiger partial charge on any atom is 0.128 e. The first-order valence-corrected chi connectivity index (χ1v) is 5.39. The molecule has 4 nitrogen and oxygen atoms in total. The second kappa shape index (κ2) is 3.64. The van der Waals surface area contributed by atoms with Crippen molar-refractivity contribution >= 4 is 15.9 Å². The molecule has 1 saturated heterocycles. The molecule has 0 atom stereocenters. The van der Waals surface area contributed by atoms with Gasteiger partial charge in [0.2, 0.25) is 0 Å². The predicted molar refractivity (Wildman–Crippen MR) is 57.2 cm³/mol. The van der Waals surface area contributed by atoms with Gasteiger partial charge in [-0.3, -0.25) is 4.68 Å². The van der Waals surface area contributed by atoms with Gasteiger partial charge in [0.15, 0.2) is 0 Å². The van der Waals surface area contributed by atoms with E-state index in [1.807, 2.05) is 17.8 Å². The van der Waals surface area contributed by atoms with Crippen molar-refractivity contribution in [2.45, 2.75) is 12.0 Å². The van der Waals surface area contributed by atoms with E-state index in [9.17, 15) is 0 Å². The molecule has 78 valence electrons. The molecule has 1 fully saturated rings. The maximum atomic E-state index is 5.52. The summed E-state index contributed by atoms with van der Waals surface area (Å²) in [5, 5.41) is 7.48. The Bertz CT molecular complexity index is 327. The Balaban J connectivity index is 2.13. The van der Waals surface area contributed by atoms with Crippen molar-refractivity contribution in [3.05, 3.63) is 16.4 Å². The Hall–Kier alpha value is -0.390. The first-order valence-electron chi connectivity index (χ1n) is 4.59. The molecular weight excluding hydrogens is 246 g/mol. The lowest BCUT2D eigenvalue weighted by molar-refractivity contribution is -0.0514. The molecule has 5 heteroatoms. The third-order valence-electron chi connectivity index (χ3n) is 2.78. The highest BCUT2D eigenvalue weighted by molar-refractivity contribution is 9.10. The summed E-state index contributed by atoms with van der Waals surface area (Å²) in [6.07, 6.45) is 0.908. The normalized spacial score (nSPS) is 19.4. The molecule has 0 aromatic carbocycles. The van der Waals surface area contributed by atoms with E-state index in [4.69, 9.17) is 4.74 Å². The lowest BCUT2D eigenvalue weighted by atomic mass is 9.91. The van der Waals surface area contributed by atoms with Crippen LogP contribution in [0.25, 0.3) is 0 Å². The van der Waals surface area contributed by atoms with Crippen LogP contribution in [0.3, 0.4) is 0 Å². The fraction of sp³-hybridized carbons (Fsp3) is 0.667. The molecule has 1 aliphatic heterocycles. The van der Waals surface area contributed by atoms with Gasteiger partial charge in [-0.25, -0.2) is 0 Å². The summed E-state index contributed by atoms with van der Waals surface area (Å²) in [4.78, 5) is 0. The van der Waals surface area contributed by atoms with Crippen LogP contribution in [-0.4, -0.2) is 35.6 Å². The molecule has 2 heterocycles. The number of methoxy groups -OCH3 is 1. The Kier molecular flexibility index (Phi) is 2.64. The van der Waals surface area contributed by atoms with Gasteiger partial charge in [0.1, 0.15) is 4.60 Å². The summed E-state index contributed by atoms with van der Waals surface area (Å²) >= 11 is 3.36. The zero-order valence-corrected chi connectivity index (χ0v) is 9.97. The van der Waals surface area contributed by atoms with Crippen LogP contribution in [0.15, 0.2) is 10.7 Å². The number of aryl methyl sites for hydroxylation is 1. The van der Waals surface area contributed by atoms with E-state index in [0.29, 0.717) is 0 Å². The second-order valence-electron chi connectivity index (χ2n) is 3.75. The average molecular weight is 260 g/mol. The van der Waals surface area contributed by atoms with Crippen LogP contribution in [0.2, 0.25) is 0 Å². The highest BCUT2D eigenvalue weighted by Crippen LogP contribution is 2.22. The van der Waals surface area contributed by atoms with E-state index in [1.165, 1.54) is 5.69 Å². The number of halogens is 1. The monoisotopic (exact) mass is 259 g/mol. The summed E-state index contributed by atoms with van der Waals surface area (Å²) in [7, 11) is 3.72. The largest absolute Gasteiger partial charge is 0.375 e. The Morgan fingerprint density at radius 3 is 2.79 bits per heavy atom. The number of nitrogens with zero attached hydrogens (tertiary/aromatic N) is 2. The van der Waals surface area contributed by atoms with Gasteiger partial charge in [0.05, 0.1) is 5.60 Å². The SMILES string of the molecule is COC1(Cc2cc(Br)nn2C)CNC1. The van der Waals surface area contributed by atoms with Gasteiger partial charge in [-0.1, -0.05) is 0 Å². The highest BCUT2D eigenvalue weighted by atomic mass is 79.9. The van der Waals surface area contributed by atoms with E-state index in [0.717, 1.165) is 24.1 Å². The summed E-state index contributed by atoms with van der Waals surface area (Å²) in [6, 6.07) is 2.04. The fourth-order valence-corrected chi connectivity index (χ4v) is 2.21. The first kappa shape index (κ1) is 10.1. The molecule has 1 N–H and O–H groups in total. The van der Waals surface area contributed by atoms with Crippen molar-refractivity contribution in [1.29, 1.82) is 0 Å². The van der Waals surface area contributed by atoms with Crippen LogP contribution < -0.4 is 5.32 Å². The quantitative estimate of drug-likeness (QED) is 0.870. The molecule has 14 heavy (non-hydrogen) atoms. The van der Waals surface area contributed by atoms with Crippen molar-refractivity contribution in [3.8, 4) is 0 Å². The second-order valence-corrected chi connectivity index (χ2v) is 4.56. The molecular formula is C9H14BrN3O. The fourth-order valence-electron chi connectivity index (χ4n) is 1.71. The summed E-state index contributed by atoms with van der Waals surface area (Å²) in [6.45, 7) is 1.85. The molecule has 0 spiro atoms. The summed E-state index contributed by atoms with van der Waals surface area (Å²) in [5.74, 6) is 0. The summed E-state index contributed by atoms with van der Waals surface area (Å²) < 4.78 is 8.30. The molecule has 0 radical (unpaired) electrons. The van der Waals surface area contributed by atoms with Gasteiger partial charge in [-0.15, -0.1) is 0 Å². The van der Waals surface area contributed by atoms with E-state index >= 15 is 0 Å². The number of aromatic nitrogens is 2. The first-order chi connectivity index (χ1) is 6.65. The van der Waals surface area contributed by atoms with Gasteiger partial charge < -0.3 is 10.1 Å². The van der Waals surface area contributed by atoms with Crippen LogP contribution in [0.4, 0.5) is 0 Å². The molecule has 2 rings (SSSR count). The van der Waals surface area contributed by atoms with E-state index < -0.39 is 0 Å². The molecule has 0 unspecified atom stereocenters. The van der Waals surface area contributed by atoms with Crippen LogP contribution >= 0.6 is 15.9 Å². The van der Waals surface area contributed by atoms with Gasteiger partial charge in [0, 0.05) is 39.4 Å². The summed E-state index contributed by atoms with van der Waals surface area (Å²) in [5.41, 5.74) is 1.17.